The fourth-order valence-corrected chi connectivity index (χ4v) is 2.90. The van der Waals surface area contributed by atoms with Gasteiger partial charge >= 0.3 is 0 Å². The van der Waals surface area contributed by atoms with Crippen LogP contribution < -0.4 is 4.74 Å². The third-order valence-corrected chi connectivity index (χ3v) is 4.91. The third kappa shape index (κ3) is 4.82. The minimum Gasteiger partial charge on any atom is -0.494 e. The van der Waals surface area contributed by atoms with Crippen molar-refractivity contribution in [3.8, 4) is 5.75 Å². The first-order chi connectivity index (χ1) is 10.6. The Labute approximate surface area is 137 Å². The van der Waals surface area contributed by atoms with E-state index < -0.39 is 6.10 Å². The highest BCUT2D eigenvalue weighted by Crippen LogP contribution is 2.25. The van der Waals surface area contributed by atoms with Crippen LogP contribution in [0.5, 0.6) is 5.75 Å². The third-order valence-electron chi connectivity index (χ3n) is 4.03. The lowest BCUT2D eigenvalue weighted by Crippen LogP contribution is -2.04. The van der Waals surface area contributed by atoms with Crippen LogP contribution in [-0.4, -0.2) is 16.7 Å². The standard InChI is InChI=1S/C18H25NO2S/c1-13(2)14(3)15-6-8-16(9-7-15)21-11-4-5-17(20)18-19-10-12-22-18/h6-10,12-14,17,20H,4-5,11H2,1-3H3. The zero-order chi connectivity index (χ0) is 15.9. The van der Waals surface area contributed by atoms with Crippen LogP contribution in [0.1, 0.15) is 56.2 Å². The molecule has 2 unspecified atom stereocenters. The van der Waals surface area contributed by atoms with Crippen molar-refractivity contribution >= 4 is 11.3 Å². The Morgan fingerprint density at radius 1 is 1.18 bits per heavy atom. The number of rotatable bonds is 8. The predicted molar refractivity (Wildman–Crippen MR) is 91.5 cm³/mol. The molecule has 0 saturated carbocycles. The lowest BCUT2D eigenvalue weighted by atomic mass is 9.90. The second-order valence-corrected chi connectivity index (χ2v) is 6.90. The van der Waals surface area contributed by atoms with Crippen molar-refractivity contribution in [1.29, 1.82) is 0 Å². The minimum absolute atomic E-state index is 0.474. The number of ether oxygens (including phenoxy) is 1. The maximum Gasteiger partial charge on any atom is 0.121 e. The van der Waals surface area contributed by atoms with Crippen molar-refractivity contribution in [2.24, 2.45) is 5.92 Å². The van der Waals surface area contributed by atoms with Gasteiger partial charge in [-0.05, 0) is 42.4 Å². The van der Waals surface area contributed by atoms with Gasteiger partial charge in [0.25, 0.3) is 0 Å². The van der Waals surface area contributed by atoms with Gasteiger partial charge in [0.05, 0.1) is 6.61 Å². The van der Waals surface area contributed by atoms with E-state index in [9.17, 15) is 5.11 Å². The van der Waals surface area contributed by atoms with E-state index in [-0.39, 0.29) is 0 Å². The van der Waals surface area contributed by atoms with Crippen LogP contribution in [0.15, 0.2) is 35.8 Å². The molecule has 0 aliphatic rings. The van der Waals surface area contributed by atoms with Crippen LogP contribution >= 0.6 is 11.3 Å². The summed E-state index contributed by atoms with van der Waals surface area (Å²) in [5.41, 5.74) is 1.35. The molecule has 0 aliphatic heterocycles. The van der Waals surface area contributed by atoms with E-state index in [1.54, 1.807) is 6.20 Å². The zero-order valence-corrected chi connectivity index (χ0v) is 14.3. The quantitative estimate of drug-likeness (QED) is 0.711. The highest BCUT2D eigenvalue weighted by Gasteiger charge is 2.11. The van der Waals surface area contributed by atoms with Gasteiger partial charge in [-0.2, -0.15) is 0 Å². The van der Waals surface area contributed by atoms with E-state index >= 15 is 0 Å². The van der Waals surface area contributed by atoms with E-state index in [1.807, 2.05) is 17.5 Å². The molecule has 22 heavy (non-hydrogen) atoms. The van der Waals surface area contributed by atoms with Gasteiger partial charge in [0, 0.05) is 11.6 Å². The molecule has 3 nitrogen and oxygen atoms in total. The van der Waals surface area contributed by atoms with Crippen molar-refractivity contribution in [2.45, 2.75) is 45.6 Å². The summed E-state index contributed by atoms with van der Waals surface area (Å²) in [4.78, 5) is 4.12. The fraction of sp³-hybridized carbons (Fsp3) is 0.500. The van der Waals surface area contributed by atoms with Crippen molar-refractivity contribution in [3.05, 3.63) is 46.4 Å². The fourth-order valence-electron chi connectivity index (χ4n) is 2.24. The highest BCUT2D eigenvalue weighted by atomic mass is 32.1. The molecule has 1 aromatic heterocycles. The number of aromatic nitrogens is 1. The second-order valence-electron chi connectivity index (χ2n) is 5.98. The monoisotopic (exact) mass is 319 g/mol. The van der Waals surface area contributed by atoms with Gasteiger partial charge in [0.2, 0.25) is 0 Å². The Morgan fingerprint density at radius 3 is 2.50 bits per heavy atom. The minimum atomic E-state index is -0.474. The van der Waals surface area contributed by atoms with Crippen LogP contribution in [0, 0.1) is 5.92 Å². The summed E-state index contributed by atoms with van der Waals surface area (Å²) in [7, 11) is 0. The first-order valence-electron chi connectivity index (χ1n) is 7.88. The van der Waals surface area contributed by atoms with Crippen LogP contribution in [0.4, 0.5) is 0 Å². The van der Waals surface area contributed by atoms with Gasteiger partial charge in [0.1, 0.15) is 16.9 Å². The summed E-state index contributed by atoms with van der Waals surface area (Å²) in [5, 5.41) is 12.6. The number of hydrogen-bond donors (Lipinski definition) is 1. The number of benzene rings is 1. The van der Waals surface area contributed by atoms with Crippen LogP contribution in [0.2, 0.25) is 0 Å². The molecular weight excluding hydrogens is 294 g/mol. The zero-order valence-electron chi connectivity index (χ0n) is 13.5. The number of hydrogen-bond acceptors (Lipinski definition) is 4. The Bertz CT molecular complexity index is 537. The Balaban J connectivity index is 1.73. The molecule has 0 spiro atoms. The number of thiazole rings is 1. The van der Waals surface area contributed by atoms with Crippen LogP contribution in [0.3, 0.4) is 0 Å². The molecule has 0 fully saturated rings. The summed E-state index contributed by atoms with van der Waals surface area (Å²) in [6, 6.07) is 8.35. The molecule has 1 heterocycles. The molecule has 2 rings (SSSR count). The number of aliphatic hydroxyl groups is 1. The lowest BCUT2D eigenvalue weighted by molar-refractivity contribution is 0.154. The summed E-state index contributed by atoms with van der Waals surface area (Å²) in [6.45, 7) is 7.34. The number of aliphatic hydroxyl groups excluding tert-OH is 1. The largest absolute Gasteiger partial charge is 0.494 e. The molecule has 0 bridgehead atoms. The van der Waals surface area contributed by atoms with Gasteiger partial charge in [-0.15, -0.1) is 11.3 Å². The first-order valence-corrected chi connectivity index (χ1v) is 8.76. The molecule has 120 valence electrons. The first kappa shape index (κ1) is 17.0. The molecule has 2 atom stereocenters. The van der Waals surface area contributed by atoms with Crippen molar-refractivity contribution in [1.82, 2.24) is 4.98 Å². The normalized spacial score (nSPS) is 14.0. The highest BCUT2D eigenvalue weighted by molar-refractivity contribution is 7.09. The predicted octanol–water partition coefficient (Wildman–Crippen LogP) is 4.80. The molecule has 4 heteroatoms. The van der Waals surface area contributed by atoms with Crippen molar-refractivity contribution < 1.29 is 9.84 Å². The summed E-state index contributed by atoms with van der Waals surface area (Å²) >= 11 is 1.49. The van der Waals surface area contributed by atoms with Crippen LogP contribution in [0.25, 0.3) is 0 Å². The van der Waals surface area contributed by atoms with Crippen molar-refractivity contribution in [3.63, 3.8) is 0 Å². The van der Waals surface area contributed by atoms with E-state index in [1.165, 1.54) is 16.9 Å². The van der Waals surface area contributed by atoms with Gasteiger partial charge in [-0.1, -0.05) is 32.9 Å². The SMILES string of the molecule is CC(C)C(C)c1ccc(OCCCC(O)c2nccs2)cc1. The van der Waals surface area contributed by atoms with Gasteiger partial charge in [-0.25, -0.2) is 4.98 Å². The smallest absolute Gasteiger partial charge is 0.121 e. The van der Waals surface area contributed by atoms with Crippen molar-refractivity contribution in [2.75, 3.05) is 6.61 Å². The molecule has 1 aromatic carbocycles. The summed E-state index contributed by atoms with van der Waals surface area (Å²) in [6.07, 6.45) is 2.73. The van der Waals surface area contributed by atoms with E-state index in [0.717, 1.165) is 17.2 Å². The van der Waals surface area contributed by atoms with E-state index in [0.29, 0.717) is 24.9 Å². The van der Waals surface area contributed by atoms with E-state index in [2.05, 4.69) is 37.9 Å². The average molecular weight is 319 g/mol. The summed E-state index contributed by atoms with van der Waals surface area (Å²) < 4.78 is 5.74. The molecule has 0 radical (unpaired) electrons. The van der Waals surface area contributed by atoms with E-state index in [4.69, 9.17) is 4.74 Å². The Morgan fingerprint density at radius 2 is 1.91 bits per heavy atom. The number of nitrogens with zero attached hydrogens (tertiary/aromatic N) is 1. The molecule has 0 aliphatic carbocycles. The van der Waals surface area contributed by atoms with Crippen LogP contribution in [-0.2, 0) is 0 Å². The maximum atomic E-state index is 9.95. The molecule has 2 aromatic rings. The molecular formula is C18H25NO2S. The van der Waals surface area contributed by atoms with Gasteiger partial charge in [0.15, 0.2) is 0 Å². The topological polar surface area (TPSA) is 42.4 Å². The summed E-state index contributed by atoms with van der Waals surface area (Å²) in [5.74, 6) is 2.09. The maximum absolute atomic E-state index is 9.95. The molecule has 0 saturated heterocycles. The molecule has 1 N–H and O–H groups in total. The lowest BCUT2D eigenvalue weighted by Gasteiger charge is -2.16. The van der Waals surface area contributed by atoms with Gasteiger partial charge in [-0.3, -0.25) is 0 Å². The Hall–Kier alpha value is -1.39. The second kappa shape index (κ2) is 8.30. The van der Waals surface area contributed by atoms with Gasteiger partial charge < -0.3 is 9.84 Å². The Kier molecular flexibility index (Phi) is 6.40. The molecule has 0 amide bonds. The average Bonchev–Trinajstić information content (AvgIpc) is 3.05.